The molecule has 1 aliphatic heterocycles. The molecule has 1 saturated carbocycles. The molecule has 37 heavy (non-hydrogen) atoms. The van der Waals surface area contributed by atoms with Gasteiger partial charge in [-0.25, -0.2) is 9.78 Å². The van der Waals surface area contributed by atoms with Gasteiger partial charge in [0.15, 0.2) is 11.5 Å². The van der Waals surface area contributed by atoms with Crippen LogP contribution in [0.5, 0.6) is 11.5 Å². The van der Waals surface area contributed by atoms with Crippen LogP contribution in [0.1, 0.15) is 31.2 Å². The first-order chi connectivity index (χ1) is 18.0. The minimum Gasteiger partial charge on any atom is -0.493 e. The second-order valence-electron chi connectivity index (χ2n) is 9.72. The maximum Gasteiger partial charge on any atom is 0.320 e. The Morgan fingerprint density at radius 3 is 2.51 bits per heavy atom. The molecule has 2 aromatic carbocycles. The lowest BCUT2D eigenvalue weighted by molar-refractivity contribution is 0.0369. The van der Waals surface area contributed by atoms with E-state index < -0.39 is 0 Å². The average molecular weight is 507 g/mol. The average Bonchev–Trinajstić information content (AvgIpc) is 2.95. The van der Waals surface area contributed by atoms with Crippen LogP contribution in [0, 0.1) is 0 Å². The molecule has 1 aromatic heterocycles. The summed E-state index contributed by atoms with van der Waals surface area (Å²) in [6.07, 6.45) is 4.92. The molecule has 1 saturated heterocycles. The molecule has 0 atom stereocenters. The second kappa shape index (κ2) is 11.2. The van der Waals surface area contributed by atoms with E-state index >= 15 is 0 Å². The van der Waals surface area contributed by atoms with E-state index in [1.165, 1.54) is 0 Å². The number of carbonyl (C=O) groups is 1. The van der Waals surface area contributed by atoms with Crippen molar-refractivity contribution in [1.82, 2.24) is 19.4 Å². The Bertz CT molecular complexity index is 1280. The van der Waals surface area contributed by atoms with Gasteiger partial charge < -0.3 is 24.0 Å². The SMILES string of the molecule is COc1cc2ncn(Cc3ccccc3)c(=O)c2cc1OC1CCC(N(C)C(=O)N2CCOCC2)CC1. The first-order valence-corrected chi connectivity index (χ1v) is 12.9. The number of methoxy groups -OCH3 is 1. The molecule has 1 aliphatic carbocycles. The van der Waals surface area contributed by atoms with Gasteiger partial charge in [-0.2, -0.15) is 0 Å². The van der Waals surface area contributed by atoms with Gasteiger partial charge in [-0.3, -0.25) is 9.36 Å². The molecule has 9 nitrogen and oxygen atoms in total. The molecule has 0 unspecified atom stereocenters. The predicted molar refractivity (Wildman–Crippen MR) is 140 cm³/mol. The van der Waals surface area contributed by atoms with E-state index in [1.54, 1.807) is 30.1 Å². The van der Waals surface area contributed by atoms with Crippen LogP contribution in [0.3, 0.4) is 0 Å². The largest absolute Gasteiger partial charge is 0.493 e. The molecule has 2 amide bonds. The van der Waals surface area contributed by atoms with Gasteiger partial charge in [-0.1, -0.05) is 30.3 Å². The Kier molecular flexibility index (Phi) is 7.60. The summed E-state index contributed by atoms with van der Waals surface area (Å²) in [7, 11) is 3.48. The van der Waals surface area contributed by atoms with Crippen molar-refractivity contribution in [3.05, 3.63) is 64.7 Å². The van der Waals surface area contributed by atoms with Gasteiger partial charge in [0.2, 0.25) is 0 Å². The van der Waals surface area contributed by atoms with E-state index in [9.17, 15) is 9.59 Å². The number of morpholine rings is 1. The number of nitrogens with zero attached hydrogens (tertiary/aromatic N) is 4. The number of hydrogen-bond acceptors (Lipinski definition) is 6. The summed E-state index contributed by atoms with van der Waals surface area (Å²) in [5, 5.41) is 0.499. The number of hydrogen-bond donors (Lipinski definition) is 0. The number of fused-ring (bicyclic) bond motifs is 1. The minimum absolute atomic E-state index is 0.0160. The molecule has 5 rings (SSSR count). The van der Waals surface area contributed by atoms with Crippen LogP contribution in [-0.2, 0) is 11.3 Å². The highest BCUT2D eigenvalue weighted by Crippen LogP contribution is 2.34. The summed E-state index contributed by atoms with van der Waals surface area (Å²) in [5.74, 6) is 1.11. The Labute approximate surface area is 216 Å². The maximum atomic E-state index is 13.3. The Morgan fingerprint density at radius 2 is 1.81 bits per heavy atom. The molecule has 9 heteroatoms. The number of urea groups is 1. The van der Waals surface area contributed by atoms with Crippen molar-refractivity contribution < 1.29 is 19.0 Å². The van der Waals surface area contributed by atoms with Gasteiger partial charge in [0.05, 0.1) is 50.2 Å². The van der Waals surface area contributed by atoms with E-state index in [0.29, 0.717) is 55.2 Å². The molecule has 0 bridgehead atoms. The highest BCUT2D eigenvalue weighted by Gasteiger charge is 2.30. The van der Waals surface area contributed by atoms with Crippen molar-refractivity contribution in [2.45, 2.75) is 44.4 Å². The minimum atomic E-state index is -0.117. The molecular weight excluding hydrogens is 472 g/mol. The van der Waals surface area contributed by atoms with Crippen molar-refractivity contribution in [2.75, 3.05) is 40.5 Å². The quantitative estimate of drug-likeness (QED) is 0.509. The van der Waals surface area contributed by atoms with Gasteiger partial charge in [-0.15, -0.1) is 0 Å². The zero-order chi connectivity index (χ0) is 25.8. The molecule has 2 aliphatic rings. The Hall–Kier alpha value is -3.59. The summed E-state index contributed by atoms with van der Waals surface area (Å²) in [5.41, 5.74) is 1.49. The summed E-state index contributed by atoms with van der Waals surface area (Å²) in [4.78, 5) is 34.4. The summed E-state index contributed by atoms with van der Waals surface area (Å²) in [6, 6.07) is 13.6. The van der Waals surface area contributed by atoms with Crippen molar-refractivity contribution in [3.8, 4) is 11.5 Å². The van der Waals surface area contributed by atoms with E-state index in [0.717, 1.165) is 31.2 Å². The van der Waals surface area contributed by atoms with Crippen molar-refractivity contribution in [2.24, 2.45) is 0 Å². The fourth-order valence-corrected chi connectivity index (χ4v) is 5.17. The van der Waals surface area contributed by atoms with E-state index in [-0.39, 0.29) is 23.7 Å². The summed E-state index contributed by atoms with van der Waals surface area (Å²) >= 11 is 0. The third kappa shape index (κ3) is 5.56. The Morgan fingerprint density at radius 1 is 1.08 bits per heavy atom. The number of benzene rings is 2. The van der Waals surface area contributed by atoms with Crippen molar-refractivity contribution in [1.29, 1.82) is 0 Å². The van der Waals surface area contributed by atoms with Gasteiger partial charge in [0, 0.05) is 32.2 Å². The topological polar surface area (TPSA) is 86.1 Å². The lowest BCUT2D eigenvalue weighted by atomic mass is 9.92. The van der Waals surface area contributed by atoms with Gasteiger partial charge >= 0.3 is 6.03 Å². The Balaban J connectivity index is 1.28. The number of aromatic nitrogens is 2. The predicted octanol–water partition coefficient (Wildman–Crippen LogP) is 3.53. The fraction of sp³-hybridized carbons (Fsp3) is 0.464. The van der Waals surface area contributed by atoms with E-state index in [1.807, 2.05) is 47.2 Å². The zero-order valence-electron chi connectivity index (χ0n) is 21.5. The molecule has 2 heterocycles. The number of rotatable bonds is 6. The smallest absolute Gasteiger partial charge is 0.320 e. The third-order valence-electron chi connectivity index (χ3n) is 7.37. The monoisotopic (exact) mass is 506 g/mol. The first-order valence-electron chi connectivity index (χ1n) is 12.9. The summed E-state index contributed by atoms with van der Waals surface area (Å²) in [6.45, 7) is 2.93. The van der Waals surface area contributed by atoms with E-state index in [4.69, 9.17) is 14.2 Å². The van der Waals surface area contributed by atoms with Gasteiger partial charge in [-0.05, 0) is 37.3 Å². The van der Waals surface area contributed by atoms with Crippen LogP contribution in [0.25, 0.3) is 10.9 Å². The standard InChI is InChI=1S/C28H34N4O5/c1-30(28(34)31-12-14-36-15-13-31)21-8-10-22(11-9-21)37-26-16-23-24(17-25(26)35-2)29-19-32(27(23)33)18-20-6-4-3-5-7-20/h3-7,16-17,19,21-22H,8-15,18H2,1-2H3. The van der Waals surface area contributed by atoms with Crippen LogP contribution in [-0.4, -0.2) is 78.0 Å². The molecule has 0 spiro atoms. The van der Waals surface area contributed by atoms with Gasteiger partial charge in [0.1, 0.15) is 0 Å². The lowest BCUT2D eigenvalue weighted by Crippen LogP contribution is -2.51. The van der Waals surface area contributed by atoms with Crippen LogP contribution in [0.15, 0.2) is 53.6 Å². The molecule has 0 radical (unpaired) electrons. The molecular formula is C28H34N4O5. The molecule has 196 valence electrons. The van der Waals surface area contributed by atoms with Gasteiger partial charge in [0.25, 0.3) is 5.56 Å². The van der Waals surface area contributed by atoms with Crippen LogP contribution < -0.4 is 15.0 Å². The third-order valence-corrected chi connectivity index (χ3v) is 7.37. The summed E-state index contributed by atoms with van der Waals surface area (Å²) < 4.78 is 18.9. The maximum absolute atomic E-state index is 13.3. The highest BCUT2D eigenvalue weighted by molar-refractivity contribution is 5.81. The highest BCUT2D eigenvalue weighted by atomic mass is 16.5. The van der Waals surface area contributed by atoms with Crippen molar-refractivity contribution in [3.63, 3.8) is 0 Å². The first kappa shape index (κ1) is 25.1. The lowest BCUT2D eigenvalue weighted by Gasteiger charge is -2.38. The molecule has 3 aromatic rings. The van der Waals surface area contributed by atoms with Crippen LogP contribution in [0.2, 0.25) is 0 Å². The normalized spacial score (nSPS) is 20.0. The zero-order valence-corrected chi connectivity index (χ0v) is 21.5. The van der Waals surface area contributed by atoms with Crippen LogP contribution >= 0.6 is 0 Å². The van der Waals surface area contributed by atoms with Crippen molar-refractivity contribution >= 4 is 16.9 Å². The van der Waals surface area contributed by atoms with E-state index in [2.05, 4.69) is 4.98 Å². The molecule has 0 N–H and O–H groups in total. The number of ether oxygens (including phenoxy) is 3. The molecule has 2 fully saturated rings. The number of amides is 2. The number of carbonyl (C=O) groups excluding carboxylic acids is 1. The van der Waals surface area contributed by atoms with Crippen LogP contribution in [0.4, 0.5) is 4.79 Å². The second-order valence-corrected chi connectivity index (χ2v) is 9.72. The fourth-order valence-electron chi connectivity index (χ4n) is 5.17.